The first-order chi connectivity index (χ1) is 18.5. The molecule has 3 atom stereocenters. The van der Waals surface area contributed by atoms with Gasteiger partial charge in [0.25, 0.3) is 0 Å². The Morgan fingerprint density at radius 1 is 0.975 bits per heavy atom. The molecule has 1 aromatic carbocycles. The summed E-state index contributed by atoms with van der Waals surface area (Å²) in [4.78, 5) is 60.3. The van der Waals surface area contributed by atoms with Crippen molar-refractivity contribution >= 4 is 44.6 Å². The van der Waals surface area contributed by atoms with E-state index in [4.69, 9.17) is 18.9 Å². The Morgan fingerprint density at radius 3 is 2.10 bits per heavy atom. The molecular weight excluding hydrogens is 587 g/mol. The van der Waals surface area contributed by atoms with Gasteiger partial charge in [0.05, 0.1) is 0 Å². The van der Waals surface area contributed by atoms with E-state index in [2.05, 4.69) is 17.2 Å². The number of benzene rings is 1. The Hall–Kier alpha value is -3.53. The molecule has 0 aromatic heterocycles. The van der Waals surface area contributed by atoms with Gasteiger partial charge in [-0.3, -0.25) is 0 Å². The molecule has 0 radical (unpaired) electrons. The number of rotatable bonds is 13. The molecule has 0 aliphatic heterocycles. The summed E-state index contributed by atoms with van der Waals surface area (Å²) in [6.45, 7) is 13.7. The summed E-state index contributed by atoms with van der Waals surface area (Å²) in [5.41, 5.74) is -0.739. The van der Waals surface area contributed by atoms with Gasteiger partial charge in [-0.2, -0.15) is 0 Å². The van der Waals surface area contributed by atoms with E-state index in [1.807, 2.05) is 0 Å². The van der Waals surface area contributed by atoms with Crippen LogP contribution in [0.1, 0.15) is 53.5 Å². The Morgan fingerprint density at radius 2 is 1.57 bits per heavy atom. The molecule has 0 saturated carbocycles. The van der Waals surface area contributed by atoms with Crippen LogP contribution in [0.3, 0.4) is 0 Å². The molecule has 0 heterocycles. The van der Waals surface area contributed by atoms with Crippen LogP contribution in [0.15, 0.2) is 36.9 Å². The van der Waals surface area contributed by atoms with Crippen LogP contribution in [0, 0.1) is 0 Å². The van der Waals surface area contributed by atoms with Gasteiger partial charge >= 0.3 is 190 Å². The normalized spacial score (nSPS) is 13.1. The van der Waals surface area contributed by atoms with E-state index < -0.39 is 66.6 Å². The summed E-state index contributed by atoms with van der Waals surface area (Å²) < 4.78 is 19.7. The third-order valence-corrected chi connectivity index (χ3v) is 6.95. The quantitative estimate of drug-likeness (QED) is 0.128. The standard InChI is InChI=1S/C27H39AsN2O10/c1-8-15-37-22(33)19(28-23(34)39-26(2,3)4)16-17-9-11-18(12-10-17)38-24(35)29-14-13-20(21(31)32)30-25(36)40-27(5,6)7/h8-12,19-20,28H,1,13-16H2,2-7H3,(H,29,35)(H,30,36)(H,31,32)/t19-,20-/m0/s1. The number of carboxylic acids is 1. The molecule has 0 aliphatic rings. The zero-order valence-electron chi connectivity index (χ0n) is 23.7. The number of alkyl carbamates (subject to hydrolysis) is 1. The fourth-order valence-electron chi connectivity index (χ4n) is 2.98. The van der Waals surface area contributed by atoms with Gasteiger partial charge in [-0.1, -0.05) is 0 Å². The zero-order chi connectivity index (χ0) is 30.5. The molecule has 3 N–H and O–H groups in total. The number of ether oxygens (including phenoxy) is 4. The fraction of sp³-hybridized carbons (Fsp3) is 0.519. The Balaban J connectivity index is 2.68. The van der Waals surface area contributed by atoms with Crippen LogP contribution in [0.5, 0.6) is 5.75 Å². The van der Waals surface area contributed by atoms with E-state index in [-0.39, 0.29) is 31.7 Å². The average molecular weight is 627 g/mol. The van der Waals surface area contributed by atoms with Crippen molar-refractivity contribution in [2.75, 3.05) is 13.2 Å². The average Bonchev–Trinajstić information content (AvgIpc) is 2.80. The third-order valence-electron chi connectivity index (χ3n) is 4.58. The predicted octanol–water partition coefficient (Wildman–Crippen LogP) is 3.57. The first-order valence-corrected chi connectivity index (χ1v) is 14.8. The first-order valence-electron chi connectivity index (χ1n) is 12.5. The van der Waals surface area contributed by atoms with E-state index in [1.54, 1.807) is 53.7 Å². The van der Waals surface area contributed by atoms with Crippen molar-refractivity contribution in [2.45, 2.75) is 76.3 Å². The van der Waals surface area contributed by atoms with Crippen LogP contribution in [0.2, 0.25) is 4.71 Å². The molecule has 40 heavy (non-hydrogen) atoms. The van der Waals surface area contributed by atoms with Gasteiger partial charge in [-0.25, -0.2) is 9.59 Å². The molecule has 0 spiro atoms. The number of hydrogen-bond acceptors (Lipinski definition) is 9. The molecule has 0 saturated heterocycles. The van der Waals surface area contributed by atoms with Crippen LogP contribution in [0.4, 0.5) is 14.4 Å². The number of hydrogen-bond donors (Lipinski definition) is 3. The van der Waals surface area contributed by atoms with Gasteiger partial charge in [0.15, 0.2) is 0 Å². The van der Waals surface area contributed by atoms with Gasteiger partial charge < -0.3 is 15.2 Å². The van der Waals surface area contributed by atoms with E-state index in [1.165, 1.54) is 18.2 Å². The van der Waals surface area contributed by atoms with Gasteiger partial charge in [0.2, 0.25) is 0 Å². The predicted molar refractivity (Wildman–Crippen MR) is 148 cm³/mol. The van der Waals surface area contributed by atoms with Crippen molar-refractivity contribution in [2.24, 2.45) is 0 Å². The van der Waals surface area contributed by atoms with Gasteiger partial charge in [-0.05, 0) is 20.8 Å². The summed E-state index contributed by atoms with van der Waals surface area (Å²) in [7, 11) is 0. The molecule has 2 amide bonds. The second kappa shape index (κ2) is 15.9. The molecule has 1 aromatic rings. The summed E-state index contributed by atoms with van der Waals surface area (Å²) >= 11 is -1.51. The number of aliphatic carboxylic acids is 1. The van der Waals surface area contributed by atoms with E-state index in [0.717, 1.165) is 5.56 Å². The zero-order valence-corrected chi connectivity index (χ0v) is 25.8. The van der Waals surface area contributed by atoms with Crippen LogP contribution >= 0.6 is 0 Å². The maximum absolute atomic E-state index is 12.5. The van der Waals surface area contributed by atoms with Crippen molar-refractivity contribution in [3.8, 4) is 5.75 Å². The van der Waals surface area contributed by atoms with Gasteiger partial charge in [-0.15, -0.1) is 0 Å². The van der Waals surface area contributed by atoms with E-state index in [9.17, 15) is 29.1 Å². The maximum atomic E-state index is 12.5. The minimum absolute atomic E-state index is 0.0297. The van der Waals surface area contributed by atoms with Crippen molar-refractivity contribution in [1.29, 1.82) is 0 Å². The SMILES string of the molecule is C=CCOC(=O)[C@H](Cc1ccc(OC(=O)NCC[C@H](NC(=O)OC(C)(C)C)C(=O)O)cc1)[AsH]C(=O)OC(C)(C)C. The molecule has 1 rings (SSSR count). The van der Waals surface area contributed by atoms with E-state index >= 15 is 0 Å². The number of nitrogens with one attached hydrogen (secondary N) is 2. The molecular formula is C27H39AsN2O10. The van der Waals surface area contributed by atoms with Crippen molar-refractivity contribution in [1.82, 2.24) is 10.6 Å². The number of carbonyl (C=O) groups excluding carboxylic acids is 4. The summed E-state index contributed by atoms with van der Waals surface area (Å²) in [5.74, 6) is -1.58. The Labute approximate surface area is 240 Å². The number of carbonyl (C=O) groups is 5. The molecule has 1 unspecified atom stereocenters. The van der Waals surface area contributed by atoms with Crippen LogP contribution < -0.4 is 15.4 Å². The number of carboxylic acid groups (broad SMARTS) is 1. The topological polar surface area (TPSA) is 167 Å². The monoisotopic (exact) mass is 626 g/mol. The first kappa shape index (κ1) is 34.5. The van der Waals surface area contributed by atoms with Gasteiger partial charge in [0, 0.05) is 0 Å². The molecule has 13 heteroatoms. The van der Waals surface area contributed by atoms with Crippen LogP contribution in [-0.4, -0.2) is 80.1 Å². The molecule has 0 fully saturated rings. The summed E-state index contributed by atoms with van der Waals surface area (Å²) in [6, 6.07) is 5.09. The second-order valence-electron chi connectivity index (χ2n) is 10.6. The van der Waals surface area contributed by atoms with Crippen molar-refractivity contribution in [3.63, 3.8) is 0 Å². The third kappa shape index (κ3) is 15.2. The van der Waals surface area contributed by atoms with Gasteiger partial charge in [0.1, 0.15) is 5.60 Å². The summed E-state index contributed by atoms with van der Waals surface area (Å²) in [5, 5.41) is 14.0. The molecule has 222 valence electrons. The minimum atomic E-state index is -1.51. The molecule has 12 nitrogen and oxygen atoms in total. The molecule has 0 aliphatic carbocycles. The van der Waals surface area contributed by atoms with Crippen LogP contribution in [0.25, 0.3) is 0 Å². The Kier molecular flexibility index (Phi) is 13.7. The van der Waals surface area contributed by atoms with E-state index in [0.29, 0.717) is 0 Å². The second-order valence-corrected chi connectivity index (χ2v) is 13.5. The fourth-order valence-corrected chi connectivity index (χ4v) is 5.48. The van der Waals surface area contributed by atoms with Crippen molar-refractivity contribution in [3.05, 3.63) is 42.5 Å². The number of amides is 2. The van der Waals surface area contributed by atoms with Crippen molar-refractivity contribution < 1.29 is 48.0 Å². The van der Waals surface area contributed by atoms with Crippen LogP contribution in [-0.2, 0) is 30.2 Å². The Bertz CT molecular complexity index is 1040. The summed E-state index contributed by atoms with van der Waals surface area (Å²) in [6.07, 6.45) is -0.126. The number of esters is 1. The molecule has 0 bridgehead atoms.